The Hall–Kier alpha value is -0.640. The van der Waals surface area contributed by atoms with Crippen molar-refractivity contribution >= 4 is 23.1 Å². The Bertz CT molecular complexity index is 320. The second-order valence-electron chi connectivity index (χ2n) is 5.77. The average Bonchev–Trinajstić information content (AvgIpc) is 3.09. The molecule has 0 aliphatic heterocycles. The highest BCUT2D eigenvalue weighted by atomic mass is 32.1. The fourth-order valence-electron chi connectivity index (χ4n) is 2.49. The summed E-state index contributed by atoms with van der Waals surface area (Å²) in [6.45, 7) is 9.35. The van der Waals surface area contributed by atoms with E-state index in [4.69, 9.17) is 18.0 Å². The minimum Gasteiger partial charge on any atom is -0.392 e. The van der Waals surface area contributed by atoms with Gasteiger partial charge in [-0.15, -0.1) is 0 Å². The maximum Gasteiger partial charge on any atom is 0.235 e. The Morgan fingerprint density at radius 1 is 1.33 bits per heavy atom. The molecule has 3 nitrogen and oxygen atoms in total. The lowest BCUT2D eigenvalue weighted by Gasteiger charge is -2.35. The first-order chi connectivity index (χ1) is 8.39. The highest BCUT2D eigenvalue weighted by Crippen LogP contribution is 2.48. The number of carbonyl (C=O) groups excluding carboxylic acids is 1. The molecular formula is C14H26N2OS. The molecule has 1 aliphatic rings. The summed E-state index contributed by atoms with van der Waals surface area (Å²) in [6, 6.07) is 0.312. The molecular weight excluding hydrogens is 244 g/mol. The number of hydrogen-bond donors (Lipinski definition) is 1. The average molecular weight is 270 g/mol. The zero-order valence-corrected chi connectivity index (χ0v) is 12.8. The van der Waals surface area contributed by atoms with Crippen LogP contribution in [-0.2, 0) is 4.79 Å². The molecule has 0 spiro atoms. The monoisotopic (exact) mass is 270 g/mol. The third kappa shape index (κ3) is 3.02. The van der Waals surface area contributed by atoms with Gasteiger partial charge in [-0.1, -0.05) is 39.9 Å². The fourth-order valence-corrected chi connectivity index (χ4v) is 2.78. The second kappa shape index (κ2) is 6.00. The third-order valence-electron chi connectivity index (χ3n) is 3.84. The van der Waals surface area contributed by atoms with Crippen LogP contribution in [0.2, 0.25) is 0 Å². The molecule has 1 saturated carbocycles. The normalized spacial score (nSPS) is 17.0. The molecule has 0 aromatic rings. The summed E-state index contributed by atoms with van der Waals surface area (Å²) in [4.78, 5) is 15.1. The van der Waals surface area contributed by atoms with Crippen molar-refractivity contribution in [3.63, 3.8) is 0 Å². The van der Waals surface area contributed by atoms with Gasteiger partial charge < -0.3 is 10.6 Å². The summed E-state index contributed by atoms with van der Waals surface area (Å²) in [7, 11) is 0. The molecule has 0 heterocycles. The summed E-state index contributed by atoms with van der Waals surface area (Å²) in [5.41, 5.74) is 5.26. The zero-order valence-electron chi connectivity index (χ0n) is 12.0. The van der Waals surface area contributed by atoms with Gasteiger partial charge >= 0.3 is 0 Å². The van der Waals surface area contributed by atoms with Crippen LogP contribution in [0.25, 0.3) is 0 Å². The first-order valence-electron chi connectivity index (χ1n) is 7.00. The van der Waals surface area contributed by atoms with Crippen LogP contribution in [0.5, 0.6) is 0 Å². The molecule has 0 aromatic heterocycles. The summed E-state index contributed by atoms with van der Waals surface area (Å²) in [5, 5.41) is 0. The highest BCUT2D eigenvalue weighted by molar-refractivity contribution is 7.80. The highest BCUT2D eigenvalue weighted by Gasteiger charge is 2.55. The smallest absolute Gasteiger partial charge is 0.235 e. The van der Waals surface area contributed by atoms with Gasteiger partial charge in [0.15, 0.2) is 0 Å². The summed E-state index contributed by atoms with van der Waals surface area (Å²) >= 11 is 5.09. The first-order valence-corrected chi connectivity index (χ1v) is 7.40. The molecule has 4 heteroatoms. The Kier molecular flexibility index (Phi) is 5.14. The van der Waals surface area contributed by atoms with Crippen LogP contribution in [0.15, 0.2) is 0 Å². The van der Waals surface area contributed by atoms with Gasteiger partial charge in [-0.05, 0) is 31.6 Å². The molecule has 0 atom stereocenters. The van der Waals surface area contributed by atoms with E-state index in [1.54, 1.807) is 0 Å². The predicted octanol–water partition coefficient (Wildman–Crippen LogP) is 2.73. The van der Waals surface area contributed by atoms with E-state index in [1.807, 2.05) is 4.90 Å². The molecule has 18 heavy (non-hydrogen) atoms. The number of rotatable bonds is 7. The quantitative estimate of drug-likeness (QED) is 0.724. The van der Waals surface area contributed by atoms with Gasteiger partial charge in [0.2, 0.25) is 5.91 Å². The van der Waals surface area contributed by atoms with Gasteiger partial charge in [0, 0.05) is 12.6 Å². The molecule has 0 bridgehead atoms. The van der Waals surface area contributed by atoms with Gasteiger partial charge in [0.1, 0.15) is 0 Å². The molecule has 104 valence electrons. The maximum atomic E-state index is 12.7. The minimum atomic E-state index is -0.507. The molecule has 1 fully saturated rings. The second-order valence-corrected chi connectivity index (χ2v) is 6.21. The lowest BCUT2D eigenvalue weighted by atomic mass is 10.0. The molecule has 0 aromatic carbocycles. The van der Waals surface area contributed by atoms with Crippen molar-refractivity contribution < 1.29 is 4.79 Å². The Morgan fingerprint density at radius 2 is 1.83 bits per heavy atom. The lowest BCUT2D eigenvalue weighted by Crippen LogP contribution is -2.48. The van der Waals surface area contributed by atoms with Crippen molar-refractivity contribution in [3.05, 3.63) is 0 Å². The Balaban J connectivity index is 2.89. The van der Waals surface area contributed by atoms with Crippen LogP contribution in [0.3, 0.4) is 0 Å². The van der Waals surface area contributed by atoms with Crippen LogP contribution in [0.1, 0.15) is 53.4 Å². The van der Waals surface area contributed by atoms with Crippen LogP contribution in [-0.4, -0.2) is 28.4 Å². The Labute approximate surface area is 116 Å². The van der Waals surface area contributed by atoms with E-state index in [0.29, 0.717) is 16.9 Å². The van der Waals surface area contributed by atoms with Gasteiger partial charge in [0.25, 0.3) is 0 Å². The van der Waals surface area contributed by atoms with Crippen molar-refractivity contribution in [3.8, 4) is 0 Å². The summed E-state index contributed by atoms with van der Waals surface area (Å²) in [5.74, 6) is 0.633. The Morgan fingerprint density at radius 3 is 2.11 bits per heavy atom. The van der Waals surface area contributed by atoms with E-state index in [0.717, 1.165) is 32.2 Å². The fraction of sp³-hybridized carbons (Fsp3) is 0.857. The molecule has 0 radical (unpaired) electrons. The number of nitrogens with zero attached hydrogens (tertiary/aromatic N) is 1. The predicted molar refractivity (Wildman–Crippen MR) is 79.4 cm³/mol. The molecule has 2 N–H and O–H groups in total. The van der Waals surface area contributed by atoms with E-state index < -0.39 is 5.41 Å². The van der Waals surface area contributed by atoms with Crippen molar-refractivity contribution in [2.75, 3.05) is 6.54 Å². The number of thiocarbonyl (C=S) groups is 1. The van der Waals surface area contributed by atoms with Crippen LogP contribution >= 0.6 is 12.2 Å². The van der Waals surface area contributed by atoms with E-state index in [-0.39, 0.29) is 5.91 Å². The molecule has 1 rings (SSSR count). The summed E-state index contributed by atoms with van der Waals surface area (Å²) in [6.07, 6.45) is 3.64. The number of nitrogens with two attached hydrogens (primary N) is 1. The van der Waals surface area contributed by atoms with Crippen molar-refractivity contribution in [2.24, 2.45) is 17.1 Å². The van der Waals surface area contributed by atoms with Crippen molar-refractivity contribution in [2.45, 2.75) is 59.4 Å². The standard InChI is InChI=1S/C14H26N2OS/c1-5-11(6-2)16(9-10(3)4)13(17)14(7-8-14)12(15)18/h10-11H,5-9H2,1-4H3,(H2,15,18). The SMILES string of the molecule is CCC(CC)N(CC(C)C)C(=O)C1(C(N)=S)CC1. The summed E-state index contributed by atoms with van der Waals surface area (Å²) < 4.78 is 0. The van der Waals surface area contributed by atoms with Crippen LogP contribution in [0, 0.1) is 11.3 Å². The molecule has 1 aliphatic carbocycles. The van der Waals surface area contributed by atoms with Crippen LogP contribution in [0.4, 0.5) is 0 Å². The van der Waals surface area contributed by atoms with Crippen molar-refractivity contribution in [1.82, 2.24) is 4.90 Å². The molecule has 0 unspecified atom stereocenters. The number of carbonyl (C=O) groups is 1. The van der Waals surface area contributed by atoms with E-state index in [1.165, 1.54) is 0 Å². The first kappa shape index (κ1) is 15.4. The number of amides is 1. The van der Waals surface area contributed by atoms with Crippen molar-refractivity contribution in [1.29, 1.82) is 0 Å². The van der Waals surface area contributed by atoms with Gasteiger partial charge in [-0.25, -0.2) is 0 Å². The molecule has 1 amide bonds. The minimum absolute atomic E-state index is 0.164. The van der Waals surface area contributed by atoms with Gasteiger partial charge in [-0.2, -0.15) is 0 Å². The maximum absolute atomic E-state index is 12.7. The van der Waals surface area contributed by atoms with Gasteiger partial charge in [-0.3, -0.25) is 4.79 Å². The van der Waals surface area contributed by atoms with E-state index >= 15 is 0 Å². The zero-order chi connectivity index (χ0) is 13.9. The van der Waals surface area contributed by atoms with Crippen LogP contribution < -0.4 is 5.73 Å². The van der Waals surface area contributed by atoms with E-state index in [2.05, 4.69) is 27.7 Å². The lowest BCUT2D eigenvalue weighted by molar-refractivity contribution is -0.137. The largest absolute Gasteiger partial charge is 0.392 e. The molecule has 0 saturated heterocycles. The third-order valence-corrected chi connectivity index (χ3v) is 4.23. The topological polar surface area (TPSA) is 46.3 Å². The van der Waals surface area contributed by atoms with Gasteiger partial charge in [0.05, 0.1) is 10.4 Å². The van der Waals surface area contributed by atoms with E-state index in [9.17, 15) is 4.79 Å². The number of hydrogen-bond acceptors (Lipinski definition) is 2.